The summed E-state index contributed by atoms with van der Waals surface area (Å²) in [4.78, 5) is 0. The van der Waals surface area contributed by atoms with Gasteiger partial charge in [0.1, 0.15) is 6.61 Å². The van der Waals surface area contributed by atoms with Crippen molar-refractivity contribution in [3.05, 3.63) is 59.7 Å². The molecule has 2 rings (SSSR count). The molecule has 20 heavy (non-hydrogen) atoms. The summed E-state index contributed by atoms with van der Waals surface area (Å²) in [5, 5.41) is 0. The van der Waals surface area contributed by atoms with Crippen LogP contribution in [0.2, 0.25) is 0 Å². The fourth-order valence-corrected chi connectivity index (χ4v) is 2.03. The second-order valence-electron chi connectivity index (χ2n) is 4.65. The first-order valence-corrected chi connectivity index (χ1v) is 6.87. The van der Waals surface area contributed by atoms with Gasteiger partial charge in [0.15, 0.2) is 11.5 Å². The van der Waals surface area contributed by atoms with E-state index >= 15 is 0 Å². The van der Waals surface area contributed by atoms with E-state index in [1.165, 1.54) is 5.56 Å². The third-order valence-electron chi connectivity index (χ3n) is 3.13. The Morgan fingerprint density at radius 2 is 1.75 bits per heavy atom. The predicted octanol–water partition coefficient (Wildman–Crippen LogP) is 3.17. The van der Waals surface area contributed by atoms with Crippen molar-refractivity contribution in [1.29, 1.82) is 0 Å². The van der Waals surface area contributed by atoms with Gasteiger partial charge >= 0.3 is 0 Å². The minimum absolute atomic E-state index is 0.541. The van der Waals surface area contributed by atoms with E-state index in [9.17, 15) is 0 Å². The molecule has 106 valence electrons. The van der Waals surface area contributed by atoms with Crippen LogP contribution in [0, 0.1) is 0 Å². The molecular weight excluding hydrogens is 250 g/mol. The van der Waals surface area contributed by atoms with Crippen molar-refractivity contribution >= 4 is 0 Å². The second-order valence-corrected chi connectivity index (χ2v) is 4.65. The molecule has 2 aromatic carbocycles. The summed E-state index contributed by atoms with van der Waals surface area (Å²) >= 11 is 0. The molecule has 0 spiro atoms. The van der Waals surface area contributed by atoms with E-state index in [0.717, 1.165) is 29.9 Å². The third kappa shape index (κ3) is 4.00. The van der Waals surface area contributed by atoms with E-state index in [-0.39, 0.29) is 0 Å². The Kier molecular flexibility index (Phi) is 5.44. The van der Waals surface area contributed by atoms with Crippen molar-refractivity contribution in [2.75, 3.05) is 13.7 Å². The average molecular weight is 271 g/mol. The molecule has 2 aromatic rings. The van der Waals surface area contributed by atoms with E-state index in [1.807, 2.05) is 42.5 Å². The lowest BCUT2D eigenvalue weighted by molar-refractivity contribution is 0.284. The molecule has 0 atom stereocenters. The zero-order valence-corrected chi connectivity index (χ0v) is 11.8. The first-order valence-electron chi connectivity index (χ1n) is 6.87. The van der Waals surface area contributed by atoms with Crippen LogP contribution in [0.4, 0.5) is 0 Å². The number of nitrogens with two attached hydrogens (primary N) is 1. The largest absolute Gasteiger partial charge is 0.493 e. The van der Waals surface area contributed by atoms with Gasteiger partial charge in [-0.15, -0.1) is 0 Å². The summed E-state index contributed by atoms with van der Waals surface area (Å²) < 4.78 is 11.2. The van der Waals surface area contributed by atoms with Crippen molar-refractivity contribution in [3.8, 4) is 11.5 Å². The first kappa shape index (κ1) is 14.4. The van der Waals surface area contributed by atoms with Gasteiger partial charge in [0, 0.05) is 0 Å². The minimum atomic E-state index is 0.541. The maximum atomic E-state index is 5.82. The van der Waals surface area contributed by atoms with Crippen molar-refractivity contribution in [1.82, 2.24) is 0 Å². The highest BCUT2D eigenvalue weighted by molar-refractivity contribution is 5.43. The SMILES string of the molecule is COc1cc(CCCN)ccc1OCc1ccccc1. The number of aryl methyl sites for hydroxylation is 1. The summed E-state index contributed by atoms with van der Waals surface area (Å²) in [5.74, 6) is 1.54. The summed E-state index contributed by atoms with van der Waals surface area (Å²) in [6.45, 7) is 1.24. The molecule has 3 heteroatoms. The maximum Gasteiger partial charge on any atom is 0.161 e. The standard InChI is InChI=1S/C17H21NO2/c1-19-17-12-14(8-5-11-18)9-10-16(17)20-13-15-6-3-2-4-7-15/h2-4,6-7,9-10,12H,5,8,11,13,18H2,1H3. The van der Waals surface area contributed by atoms with Gasteiger partial charge in [-0.05, 0) is 42.6 Å². The van der Waals surface area contributed by atoms with Crippen LogP contribution < -0.4 is 15.2 Å². The third-order valence-corrected chi connectivity index (χ3v) is 3.13. The van der Waals surface area contributed by atoms with Crippen LogP contribution in [-0.2, 0) is 13.0 Å². The molecule has 0 aliphatic carbocycles. The minimum Gasteiger partial charge on any atom is -0.493 e. The lowest BCUT2D eigenvalue weighted by Crippen LogP contribution is -2.01. The highest BCUT2D eigenvalue weighted by Gasteiger charge is 2.06. The van der Waals surface area contributed by atoms with Crippen LogP contribution in [-0.4, -0.2) is 13.7 Å². The molecule has 0 heterocycles. The molecular formula is C17H21NO2. The number of hydrogen-bond acceptors (Lipinski definition) is 3. The van der Waals surface area contributed by atoms with E-state index in [0.29, 0.717) is 13.2 Å². The Morgan fingerprint density at radius 1 is 0.950 bits per heavy atom. The van der Waals surface area contributed by atoms with Crippen molar-refractivity contribution in [2.45, 2.75) is 19.4 Å². The van der Waals surface area contributed by atoms with Gasteiger partial charge in [-0.1, -0.05) is 36.4 Å². The molecule has 3 nitrogen and oxygen atoms in total. The number of ether oxygens (including phenoxy) is 2. The normalized spacial score (nSPS) is 10.3. The Hall–Kier alpha value is -2.00. The molecule has 0 bridgehead atoms. The van der Waals surface area contributed by atoms with Crippen LogP contribution in [0.15, 0.2) is 48.5 Å². The van der Waals surface area contributed by atoms with Gasteiger partial charge in [0.05, 0.1) is 7.11 Å². The molecule has 0 unspecified atom stereocenters. The summed E-state index contributed by atoms with van der Waals surface area (Å²) in [6.07, 6.45) is 1.94. The molecule has 0 saturated carbocycles. The molecule has 2 N–H and O–H groups in total. The Bertz CT molecular complexity index is 526. The fraction of sp³-hybridized carbons (Fsp3) is 0.294. The highest BCUT2D eigenvalue weighted by atomic mass is 16.5. The predicted molar refractivity (Wildman–Crippen MR) is 81.1 cm³/mol. The molecule has 0 aliphatic heterocycles. The monoisotopic (exact) mass is 271 g/mol. The summed E-state index contributed by atoms with van der Waals surface area (Å²) in [7, 11) is 1.66. The van der Waals surface area contributed by atoms with Crippen LogP contribution >= 0.6 is 0 Å². The first-order chi connectivity index (χ1) is 9.83. The van der Waals surface area contributed by atoms with Gasteiger partial charge in [-0.3, -0.25) is 0 Å². The smallest absolute Gasteiger partial charge is 0.161 e. The van der Waals surface area contributed by atoms with Crippen LogP contribution in [0.25, 0.3) is 0 Å². The Morgan fingerprint density at radius 3 is 2.45 bits per heavy atom. The molecule has 0 aromatic heterocycles. The molecule has 0 amide bonds. The highest BCUT2D eigenvalue weighted by Crippen LogP contribution is 2.29. The molecule has 0 saturated heterocycles. The van der Waals surface area contributed by atoms with E-state index in [4.69, 9.17) is 15.2 Å². The molecule has 0 radical (unpaired) electrons. The fourth-order valence-electron chi connectivity index (χ4n) is 2.03. The van der Waals surface area contributed by atoms with Gasteiger partial charge < -0.3 is 15.2 Å². The average Bonchev–Trinajstić information content (AvgIpc) is 2.52. The van der Waals surface area contributed by atoms with E-state index < -0.39 is 0 Å². The summed E-state index contributed by atoms with van der Waals surface area (Å²) in [5.41, 5.74) is 7.90. The molecule has 0 aliphatic rings. The lowest BCUT2D eigenvalue weighted by atomic mass is 10.1. The Labute approximate surface area is 120 Å². The zero-order valence-electron chi connectivity index (χ0n) is 11.8. The molecule has 0 fully saturated rings. The van der Waals surface area contributed by atoms with E-state index in [2.05, 4.69) is 6.07 Å². The van der Waals surface area contributed by atoms with Crippen LogP contribution in [0.3, 0.4) is 0 Å². The van der Waals surface area contributed by atoms with Gasteiger partial charge in [-0.2, -0.15) is 0 Å². The number of rotatable bonds is 7. The van der Waals surface area contributed by atoms with Crippen molar-refractivity contribution in [3.63, 3.8) is 0 Å². The maximum absolute atomic E-state index is 5.82. The van der Waals surface area contributed by atoms with Crippen LogP contribution in [0.1, 0.15) is 17.5 Å². The van der Waals surface area contributed by atoms with Crippen molar-refractivity contribution < 1.29 is 9.47 Å². The number of benzene rings is 2. The van der Waals surface area contributed by atoms with Gasteiger partial charge in [-0.25, -0.2) is 0 Å². The Balaban J connectivity index is 2.03. The quantitative estimate of drug-likeness (QED) is 0.841. The van der Waals surface area contributed by atoms with Gasteiger partial charge in [0.25, 0.3) is 0 Å². The zero-order chi connectivity index (χ0) is 14.2. The number of methoxy groups -OCH3 is 1. The number of hydrogen-bond donors (Lipinski definition) is 1. The second kappa shape index (κ2) is 7.56. The summed E-state index contributed by atoms with van der Waals surface area (Å²) in [6, 6.07) is 16.2. The van der Waals surface area contributed by atoms with Crippen molar-refractivity contribution in [2.24, 2.45) is 5.73 Å². The van der Waals surface area contributed by atoms with E-state index in [1.54, 1.807) is 7.11 Å². The lowest BCUT2D eigenvalue weighted by Gasteiger charge is -2.12. The van der Waals surface area contributed by atoms with Gasteiger partial charge in [0.2, 0.25) is 0 Å². The topological polar surface area (TPSA) is 44.5 Å². The van der Waals surface area contributed by atoms with Crippen LogP contribution in [0.5, 0.6) is 11.5 Å².